The normalized spacial score (nSPS) is 17.4. The van der Waals surface area contributed by atoms with Gasteiger partial charge in [0.15, 0.2) is 0 Å². The number of halogens is 1. The molecular formula is C27H29ClN2O4S2. The Bertz CT molecular complexity index is 1380. The van der Waals surface area contributed by atoms with Crippen molar-refractivity contribution < 1.29 is 18.3 Å². The van der Waals surface area contributed by atoms with Gasteiger partial charge in [-0.3, -0.25) is 0 Å². The topological polar surface area (TPSA) is 77.9 Å². The summed E-state index contributed by atoms with van der Waals surface area (Å²) in [6, 6.07) is 17.8. The van der Waals surface area contributed by atoms with Gasteiger partial charge >= 0.3 is 5.97 Å². The molecule has 36 heavy (non-hydrogen) atoms. The van der Waals surface area contributed by atoms with Crippen LogP contribution in [0.5, 0.6) is 0 Å². The molecular weight excluding hydrogens is 516 g/mol. The summed E-state index contributed by atoms with van der Waals surface area (Å²) in [5.74, 6) is -1.10. The second-order valence-corrected chi connectivity index (χ2v) is 12.1. The molecule has 190 valence electrons. The first-order valence-electron chi connectivity index (χ1n) is 11.7. The Morgan fingerprint density at radius 2 is 1.86 bits per heavy atom. The Morgan fingerprint density at radius 1 is 1.14 bits per heavy atom. The number of likely N-dealkylation sites (N-methyl/N-ethyl adjacent to an activating group) is 1. The third-order valence-corrected chi connectivity index (χ3v) is 9.49. The summed E-state index contributed by atoms with van der Waals surface area (Å²) in [7, 11) is -2.19. The molecule has 1 aliphatic heterocycles. The lowest BCUT2D eigenvalue weighted by Crippen LogP contribution is -2.40. The van der Waals surface area contributed by atoms with E-state index in [1.54, 1.807) is 19.2 Å². The molecule has 0 radical (unpaired) electrons. The van der Waals surface area contributed by atoms with Crippen molar-refractivity contribution in [3.63, 3.8) is 0 Å². The number of hydrogen-bond acceptors (Lipinski definition) is 5. The number of nitrogens with zero attached hydrogens (tertiary/aromatic N) is 2. The lowest BCUT2D eigenvalue weighted by atomic mass is 10.0. The summed E-state index contributed by atoms with van der Waals surface area (Å²) >= 11 is 7.73. The molecule has 1 unspecified atom stereocenters. The molecule has 0 amide bonds. The van der Waals surface area contributed by atoms with Gasteiger partial charge in [0.2, 0.25) is 10.0 Å². The van der Waals surface area contributed by atoms with Crippen molar-refractivity contribution in [3.8, 4) is 11.1 Å². The van der Waals surface area contributed by atoms with Crippen LogP contribution in [0, 0.1) is 0 Å². The maximum atomic E-state index is 14.0. The number of anilines is 2. The van der Waals surface area contributed by atoms with E-state index in [0.29, 0.717) is 23.4 Å². The van der Waals surface area contributed by atoms with E-state index in [2.05, 4.69) is 11.8 Å². The predicted molar refractivity (Wildman–Crippen MR) is 147 cm³/mol. The molecule has 6 nitrogen and oxygen atoms in total. The standard InChI is InChI=1S/C27H29ClN2O4S2/c1-4-5-9-22-17-30(21-10-7-6-8-11-21)24-16-25(35-3)23(15-26(24)36(33,34)29(22)2)18-12-19(27(31)32)14-20(28)13-18/h6-8,10-16,22H,4-5,9,17H2,1-3H3,(H,31,32). The highest BCUT2D eigenvalue weighted by molar-refractivity contribution is 7.98. The zero-order valence-corrected chi connectivity index (χ0v) is 22.8. The molecule has 0 saturated carbocycles. The summed E-state index contributed by atoms with van der Waals surface area (Å²) in [6.07, 6.45) is 4.57. The molecule has 0 saturated heterocycles. The molecule has 0 aliphatic carbocycles. The molecule has 3 aromatic carbocycles. The molecule has 1 atom stereocenters. The number of sulfonamides is 1. The minimum atomic E-state index is -3.84. The molecule has 0 spiro atoms. The van der Waals surface area contributed by atoms with E-state index in [4.69, 9.17) is 11.6 Å². The number of aromatic carboxylic acids is 1. The van der Waals surface area contributed by atoms with Gasteiger partial charge in [0.25, 0.3) is 0 Å². The van der Waals surface area contributed by atoms with Gasteiger partial charge in [-0.1, -0.05) is 49.6 Å². The van der Waals surface area contributed by atoms with E-state index >= 15 is 0 Å². The van der Waals surface area contributed by atoms with Gasteiger partial charge in [-0.05, 0) is 66.3 Å². The highest BCUT2D eigenvalue weighted by Gasteiger charge is 2.37. The van der Waals surface area contributed by atoms with Crippen LogP contribution in [0.3, 0.4) is 0 Å². The second kappa shape index (κ2) is 10.8. The van der Waals surface area contributed by atoms with E-state index < -0.39 is 16.0 Å². The number of carboxylic acids is 1. The number of unbranched alkanes of at least 4 members (excludes halogenated alkanes) is 1. The summed E-state index contributed by atoms with van der Waals surface area (Å²) in [6.45, 7) is 2.63. The van der Waals surface area contributed by atoms with Gasteiger partial charge in [0, 0.05) is 35.2 Å². The lowest BCUT2D eigenvalue weighted by molar-refractivity contribution is 0.0697. The van der Waals surface area contributed by atoms with Crippen LogP contribution in [0.25, 0.3) is 11.1 Å². The molecule has 1 heterocycles. The summed E-state index contributed by atoms with van der Waals surface area (Å²) < 4.78 is 29.4. The first kappa shape index (κ1) is 26.5. The highest BCUT2D eigenvalue weighted by Crippen LogP contribution is 2.44. The number of benzene rings is 3. The molecule has 0 fully saturated rings. The van der Waals surface area contributed by atoms with Crippen LogP contribution in [0.2, 0.25) is 5.02 Å². The van der Waals surface area contributed by atoms with Crippen LogP contribution in [0.4, 0.5) is 11.4 Å². The van der Waals surface area contributed by atoms with Crippen molar-refractivity contribution in [2.45, 2.75) is 42.0 Å². The fraction of sp³-hybridized carbons (Fsp3) is 0.296. The van der Waals surface area contributed by atoms with E-state index in [0.717, 1.165) is 29.8 Å². The van der Waals surface area contributed by atoms with E-state index in [9.17, 15) is 18.3 Å². The van der Waals surface area contributed by atoms with Gasteiger partial charge in [0.05, 0.1) is 11.3 Å². The van der Waals surface area contributed by atoms with Gasteiger partial charge < -0.3 is 10.0 Å². The Labute approximate surface area is 221 Å². The van der Waals surface area contributed by atoms with Crippen molar-refractivity contribution in [3.05, 3.63) is 71.2 Å². The largest absolute Gasteiger partial charge is 0.478 e. The lowest BCUT2D eigenvalue weighted by Gasteiger charge is -2.29. The van der Waals surface area contributed by atoms with E-state index in [-0.39, 0.29) is 21.5 Å². The first-order valence-corrected chi connectivity index (χ1v) is 14.8. The van der Waals surface area contributed by atoms with Crippen LogP contribution in [-0.2, 0) is 10.0 Å². The van der Waals surface area contributed by atoms with Crippen LogP contribution >= 0.6 is 23.4 Å². The van der Waals surface area contributed by atoms with Gasteiger partial charge in [0.1, 0.15) is 4.90 Å². The predicted octanol–water partition coefficient (Wildman–Crippen LogP) is 6.76. The first-order chi connectivity index (χ1) is 17.2. The van der Waals surface area contributed by atoms with Gasteiger partial charge in [-0.25, -0.2) is 13.2 Å². The van der Waals surface area contributed by atoms with Crippen LogP contribution in [0.15, 0.2) is 70.5 Å². The number of para-hydroxylation sites is 1. The van der Waals surface area contributed by atoms with Crippen molar-refractivity contribution in [2.24, 2.45) is 0 Å². The quantitative estimate of drug-likeness (QED) is 0.331. The fourth-order valence-electron chi connectivity index (χ4n) is 4.57. The smallest absolute Gasteiger partial charge is 0.335 e. The monoisotopic (exact) mass is 544 g/mol. The van der Waals surface area contributed by atoms with Crippen molar-refractivity contribution in [1.82, 2.24) is 4.31 Å². The van der Waals surface area contributed by atoms with Crippen molar-refractivity contribution in [1.29, 1.82) is 0 Å². The van der Waals surface area contributed by atoms with Gasteiger partial charge in [-0.15, -0.1) is 11.8 Å². The van der Waals surface area contributed by atoms with Gasteiger partial charge in [-0.2, -0.15) is 4.31 Å². The van der Waals surface area contributed by atoms with E-state index in [1.165, 1.54) is 28.2 Å². The number of hydrogen-bond donors (Lipinski definition) is 1. The Morgan fingerprint density at radius 3 is 2.50 bits per heavy atom. The summed E-state index contributed by atoms with van der Waals surface area (Å²) in [4.78, 5) is 14.8. The average molecular weight is 545 g/mol. The SMILES string of the molecule is CCCCC1CN(c2ccccc2)c2cc(SC)c(-c3cc(Cl)cc(C(=O)O)c3)cc2S(=O)(=O)N1C. The Balaban J connectivity index is 1.99. The Kier molecular flexibility index (Phi) is 7.99. The molecule has 0 bridgehead atoms. The third-order valence-electron chi connectivity index (χ3n) is 6.55. The molecule has 4 rings (SSSR count). The number of rotatable bonds is 7. The molecule has 0 aromatic heterocycles. The molecule has 1 N–H and O–H groups in total. The van der Waals surface area contributed by atoms with Crippen molar-refractivity contribution >= 4 is 50.7 Å². The van der Waals surface area contributed by atoms with Crippen LogP contribution < -0.4 is 4.90 Å². The van der Waals surface area contributed by atoms with Crippen LogP contribution in [-0.4, -0.2) is 49.7 Å². The van der Waals surface area contributed by atoms with Crippen LogP contribution in [0.1, 0.15) is 36.5 Å². The minimum absolute atomic E-state index is 0.0463. The summed E-state index contributed by atoms with van der Waals surface area (Å²) in [5.41, 5.74) is 2.76. The zero-order chi connectivity index (χ0) is 26.0. The third kappa shape index (κ3) is 5.13. The average Bonchev–Trinajstić information content (AvgIpc) is 2.95. The maximum absolute atomic E-state index is 14.0. The zero-order valence-electron chi connectivity index (χ0n) is 20.4. The number of carboxylic acid groups (broad SMARTS) is 1. The minimum Gasteiger partial charge on any atom is -0.478 e. The second-order valence-electron chi connectivity index (χ2n) is 8.82. The summed E-state index contributed by atoms with van der Waals surface area (Å²) in [5, 5.41) is 9.82. The number of carbonyl (C=O) groups is 1. The number of fused-ring (bicyclic) bond motifs is 1. The van der Waals surface area contributed by atoms with E-state index in [1.807, 2.05) is 42.7 Å². The Hall–Kier alpha value is -2.52. The fourth-order valence-corrected chi connectivity index (χ4v) is 7.01. The van der Waals surface area contributed by atoms with Crippen molar-refractivity contribution in [2.75, 3.05) is 24.7 Å². The highest BCUT2D eigenvalue weighted by atomic mass is 35.5. The number of thioether (sulfide) groups is 1. The maximum Gasteiger partial charge on any atom is 0.335 e. The molecule has 1 aliphatic rings. The molecule has 3 aromatic rings. The molecule has 9 heteroatoms.